The number of rotatable bonds is 2. The van der Waals surface area contributed by atoms with E-state index in [1.807, 2.05) is 23.9 Å². The molecule has 2 aliphatic heterocycles. The zero-order valence-corrected chi connectivity index (χ0v) is 13.4. The second-order valence-electron chi connectivity index (χ2n) is 6.29. The van der Waals surface area contributed by atoms with Crippen LogP contribution in [0.5, 0.6) is 0 Å². The lowest BCUT2D eigenvalue weighted by Gasteiger charge is -2.42. The molecule has 21 heavy (non-hydrogen) atoms. The highest BCUT2D eigenvalue weighted by Crippen LogP contribution is 2.40. The summed E-state index contributed by atoms with van der Waals surface area (Å²) in [5.41, 5.74) is 0.487. The van der Waals surface area contributed by atoms with Crippen LogP contribution < -0.4 is 5.32 Å². The Kier molecular flexibility index (Phi) is 3.48. The van der Waals surface area contributed by atoms with Crippen LogP contribution in [0.1, 0.15) is 32.3 Å². The van der Waals surface area contributed by atoms with Gasteiger partial charge in [-0.3, -0.25) is 9.59 Å². The van der Waals surface area contributed by atoms with Gasteiger partial charge in [-0.05, 0) is 32.4 Å². The van der Waals surface area contributed by atoms with Gasteiger partial charge in [0, 0.05) is 23.1 Å². The zero-order valence-electron chi connectivity index (χ0n) is 12.6. The minimum atomic E-state index is -0.811. The molecule has 1 fully saturated rings. The van der Waals surface area contributed by atoms with Gasteiger partial charge in [0.05, 0.1) is 0 Å². The molecule has 5 heteroatoms. The van der Waals surface area contributed by atoms with Crippen LogP contribution in [0.15, 0.2) is 29.2 Å². The molecule has 4 nitrogen and oxygen atoms in total. The van der Waals surface area contributed by atoms with E-state index in [1.54, 1.807) is 25.7 Å². The number of carbonyl (C=O) groups excluding carboxylic acids is 2. The standard InChI is InChI=1S/C16H20N2O2S/c1-10-14(19)17-16(2,3)15(20)18(10)8-11-9-21-13-7-5-4-6-12(11)13/h4-7,10-11H,8-9H2,1-3H3,(H,17,19). The first-order valence-electron chi connectivity index (χ1n) is 7.25. The molecule has 1 aromatic carbocycles. The predicted octanol–water partition coefficient (Wildman–Crippen LogP) is 2.00. The van der Waals surface area contributed by atoms with Crippen molar-refractivity contribution in [2.45, 2.75) is 43.2 Å². The fraction of sp³-hybridized carbons (Fsp3) is 0.500. The molecule has 1 aromatic rings. The maximum absolute atomic E-state index is 12.6. The lowest BCUT2D eigenvalue weighted by Crippen LogP contribution is -2.67. The summed E-state index contributed by atoms with van der Waals surface area (Å²) in [6, 6.07) is 7.93. The fourth-order valence-corrected chi connectivity index (χ4v) is 4.24. The number of nitrogens with one attached hydrogen (secondary N) is 1. The Morgan fingerprint density at radius 2 is 2.05 bits per heavy atom. The van der Waals surface area contributed by atoms with E-state index in [2.05, 4.69) is 17.4 Å². The molecule has 2 unspecified atom stereocenters. The third kappa shape index (κ3) is 2.44. The molecule has 1 N–H and O–H groups in total. The highest BCUT2D eigenvalue weighted by atomic mass is 32.2. The van der Waals surface area contributed by atoms with Gasteiger partial charge in [0.2, 0.25) is 11.8 Å². The summed E-state index contributed by atoms with van der Waals surface area (Å²) in [6.07, 6.45) is 0. The summed E-state index contributed by atoms with van der Waals surface area (Å²) in [5.74, 6) is 1.21. The first-order valence-corrected chi connectivity index (χ1v) is 8.23. The van der Waals surface area contributed by atoms with Gasteiger partial charge < -0.3 is 10.2 Å². The first kappa shape index (κ1) is 14.4. The number of hydrogen-bond donors (Lipinski definition) is 1. The van der Waals surface area contributed by atoms with E-state index in [9.17, 15) is 9.59 Å². The summed E-state index contributed by atoms with van der Waals surface area (Å²) < 4.78 is 0. The smallest absolute Gasteiger partial charge is 0.248 e. The van der Waals surface area contributed by atoms with Gasteiger partial charge in [-0.2, -0.15) is 0 Å². The molecule has 0 aromatic heterocycles. The van der Waals surface area contributed by atoms with Crippen molar-refractivity contribution in [3.05, 3.63) is 29.8 Å². The van der Waals surface area contributed by atoms with Gasteiger partial charge in [-0.25, -0.2) is 0 Å². The second-order valence-corrected chi connectivity index (χ2v) is 7.36. The van der Waals surface area contributed by atoms with Crippen molar-refractivity contribution in [3.8, 4) is 0 Å². The summed E-state index contributed by atoms with van der Waals surface area (Å²) in [6.45, 7) is 5.95. The summed E-state index contributed by atoms with van der Waals surface area (Å²) in [5, 5.41) is 2.79. The van der Waals surface area contributed by atoms with E-state index >= 15 is 0 Å². The average molecular weight is 304 g/mol. The maximum Gasteiger partial charge on any atom is 0.248 e. The second kappa shape index (κ2) is 5.05. The molecule has 0 saturated carbocycles. The number of hydrogen-bond acceptors (Lipinski definition) is 3. The normalized spacial score (nSPS) is 27.5. The van der Waals surface area contributed by atoms with Crippen LogP contribution in [0.25, 0.3) is 0 Å². The van der Waals surface area contributed by atoms with Crippen LogP contribution in [0.4, 0.5) is 0 Å². The SMILES string of the molecule is CC1C(=O)NC(C)(C)C(=O)N1CC1CSc2ccccc21. The Bertz CT molecular complexity index is 600. The van der Waals surface area contributed by atoms with E-state index < -0.39 is 11.6 Å². The van der Waals surface area contributed by atoms with Gasteiger partial charge in [0.25, 0.3) is 0 Å². The Hall–Kier alpha value is -1.49. The monoisotopic (exact) mass is 304 g/mol. The van der Waals surface area contributed by atoms with Crippen LogP contribution in [0.2, 0.25) is 0 Å². The van der Waals surface area contributed by atoms with Gasteiger partial charge in [0.15, 0.2) is 0 Å². The molecule has 3 rings (SSSR count). The minimum absolute atomic E-state index is 0.00369. The number of benzene rings is 1. The highest BCUT2D eigenvalue weighted by molar-refractivity contribution is 7.99. The molecule has 2 atom stereocenters. The molecular formula is C16H20N2O2S. The zero-order chi connectivity index (χ0) is 15.2. The van der Waals surface area contributed by atoms with Gasteiger partial charge >= 0.3 is 0 Å². The quantitative estimate of drug-likeness (QED) is 0.909. The van der Waals surface area contributed by atoms with Gasteiger partial charge in [-0.1, -0.05) is 18.2 Å². The lowest BCUT2D eigenvalue weighted by molar-refractivity contribution is -0.152. The largest absolute Gasteiger partial charge is 0.340 e. The van der Waals surface area contributed by atoms with E-state index in [-0.39, 0.29) is 11.8 Å². The third-order valence-corrected chi connectivity index (χ3v) is 5.55. The number of fused-ring (bicyclic) bond motifs is 1. The van der Waals surface area contributed by atoms with E-state index in [1.165, 1.54) is 10.5 Å². The lowest BCUT2D eigenvalue weighted by atomic mass is 9.94. The Morgan fingerprint density at radius 1 is 1.33 bits per heavy atom. The number of amides is 2. The van der Waals surface area contributed by atoms with Crippen molar-refractivity contribution >= 4 is 23.6 Å². The fourth-order valence-electron chi connectivity index (χ4n) is 3.00. The van der Waals surface area contributed by atoms with Crippen LogP contribution in [0.3, 0.4) is 0 Å². The number of carbonyl (C=O) groups is 2. The number of thioether (sulfide) groups is 1. The van der Waals surface area contributed by atoms with E-state index in [4.69, 9.17) is 0 Å². The van der Waals surface area contributed by atoms with Gasteiger partial charge in [-0.15, -0.1) is 11.8 Å². The molecule has 2 aliphatic rings. The molecule has 1 saturated heterocycles. The summed E-state index contributed by atoms with van der Waals surface area (Å²) >= 11 is 1.83. The molecule has 2 amide bonds. The molecule has 112 valence electrons. The molecule has 0 radical (unpaired) electrons. The Morgan fingerprint density at radius 3 is 2.81 bits per heavy atom. The van der Waals surface area contributed by atoms with Crippen molar-refractivity contribution in [2.24, 2.45) is 0 Å². The predicted molar refractivity (Wildman–Crippen MR) is 83.3 cm³/mol. The van der Waals surface area contributed by atoms with Crippen LogP contribution in [-0.2, 0) is 9.59 Å². The van der Waals surface area contributed by atoms with Crippen LogP contribution in [-0.4, -0.2) is 40.6 Å². The molecule has 0 aliphatic carbocycles. The number of nitrogens with zero attached hydrogens (tertiary/aromatic N) is 1. The van der Waals surface area contributed by atoms with Crippen LogP contribution >= 0.6 is 11.8 Å². The molecular weight excluding hydrogens is 284 g/mol. The van der Waals surface area contributed by atoms with E-state index in [0.29, 0.717) is 12.5 Å². The summed E-state index contributed by atoms with van der Waals surface area (Å²) in [4.78, 5) is 27.7. The maximum atomic E-state index is 12.6. The minimum Gasteiger partial charge on any atom is -0.340 e. The first-order chi connectivity index (χ1) is 9.90. The van der Waals surface area contributed by atoms with Crippen molar-refractivity contribution in [2.75, 3.05) is 12.3 Å². The van der Waals surface area contributed by atoms with Crippen LogP contribution in [0, 0.1) is 0 Å². The third-order valence-electron chi connectivity index (χ3n) is 4.29. The Labute approximate surface area is 129 Å². The highest BCUT2D eigenvalue weighted by Gasteiger charge is 2.44. The molecule has 0 bridgehead atoms. The topological polar surface area (TPSA) is 49.4 Å². The van der Waals surface area contributed by atoms with E-state index in [0.717, 1.165) is 5.75 Å². The van der Waals surface area contributed by atoms with Gasteiger partial charge in [0.1, 0.15) is 11.6 Å². The molecule has 2 heterocycles. The van der Waals surface area contributed by atoms with Crippen molar-refractivity contribution in [3.63, 3.8) is 0 Å². The van der Waals surface area contributed by atoms with Crippen molar-refractivity contribution < 1.29 is 9.59 Å². The average Bonchev–Trinajstić information content (AvgIpc) is 2.84. The summed E-state index contributed by atoms with van der Waals surface area (Å²) in [7, 11) is 0. The van der Waals surface area contributed by atoms with Crippen molar-refractivity contribution in [1.82, 2.24) is 10.2 Å². The number of piperazine rings is 1. The Balaban J connectivity index is 1.84. The van der Waals surface area contributed by atoms with Crippen molar-refractivity contribution in [1.29, 1.82) is 0 Å². The molecule has 0 spiro atoms.